The Bertz CT molecular complexity index is 949. The highest BCUT2D eigenvalue weighted by molar-refractivity contribution is 7.11. The molecule has 178 valence electrons. The lowest BCUT2D eigenvalue weighted by atomic mass is 10.0. The summed E-state index contributed by atoms with van der Waals surface area (Å²) in [7, 11) is 0. The summed E-state index contributed by atoms with van der Waals surface area (Å²) in [5.74, 6) is 4.13. The highest BCUT2D eigenvalue weighted by Gasteiger charge is 2.10. The highest BCUT2D eigenvalue weighted by Crippen LogP contribution is 2.23. The molecule has 0 atom stereocenters. The van der Waals surface area contributed by atoms with Gasteiger partial charge in [-0.3, -0.25) is 0 Å². The van der Waals surface area contributed by atoms with Crippen molar-refractivity contribution in [2.45, 2.75) is 108 Å². The molecule has 0 saturated heterocycles. The van der Waals surface area contributed by atoms with E-state index in [1.54, 1.807) is 11.3 Å². The Balaban J connectivity index is 0.000000241. The van der Waals surface area contributed by atoms with Crippen LogP contribution in [0.3, 0.4) is 0 Å². The third kappa shape index (κ3) is 8.12. The molecule has 0 fully saturated rings. The van der Waals surface area contributed by atoms with Crippen molar-refractivity contribution in [2.24, 2.45) is 0 Å². The van der Waals surface area contributed by atoms with Crippen LogP contribution in [0, 0.1) is 48.5 Å². The summed E-state index contributed by atoms with van der Waals surface area (Å²) in [6, 6.07) is 0. The van der Waals surface area contributed by atoms with Gasteiger partial charge in [-0.05, 0) is 64.9 Å². The van der Waals surface area contributed by atoms with Crippen LogP contribution in [0.25, 0.3) is 0 Å². The summed E-state index contributed by atoms with van der Waals surface area (Å²) in [5, 5.41) is 1.18. The molecule has 3 aromatic heterocycles. The summed E-state index contributed by atoms with van der Waals surface area (Å²) < 4.78 is 5.26. The maximum Gasteiger partial charge on any atom is 0.191 e. The van der Waals surface area contributed by atoms with E-state index in [4.69, 9.17) is 4.42 Å². The van der Waals surface area contributed by atoms with Crippen molar-refractivity contribution in [1.82, 2.24) is 19.9 Å². The summed E-state index contributed by atoms with van der Waals surface area (Å²) in [6.07, 6.45) is 0. The number of thiazole rings is 1. The van der Waals surface area contributed by atoms with Crippen molar-refractivity contribution in [2.75, 3.05) is 0 Å². The first-order valence-corrected chi connectivity index (χ1v) is 12.3. The Kier molecular flexibility index (Phi) is 10.7. The second kappa shape index (κ2) is 12.2. The molecule has 32 heavy (non-hydrogen) atoms. The van der Waals surface area contributed by atoms with E-state index in [0.717, 1.165) is 28.9 Å². The molecule has 3 heterocycles. The van der Waals surface area contributed by atoms with Crippen LogP contribution in [-0.2, 0) is 0 Å². The van der Waals surface area contributed by atoms with Gasteiger partial charge in [0, 0.05) is 23.2 Å². The van der Waals surface area contributed by atoms with Crippen LogP contribution in [0.1, 0.15) is 115 Å². The van der Waals surface area contributed by atoms with Gasteiger partial charge in [-0.2, -0.15) is 0 Å². The number of hydrogen-bond acceptors (Lipinski definition) is 6. The monoisotopic (exact) mass is 458 g/mol. The van der Waals surface area contributed by atoms with E-state index in [1.165, 1.54) is 26.8 Å². The third-order valence-electron chi connectivity index (χ3n) is 5.06. The number of aryl methyl sites for hydroxylation is 6. The summed E-state index contributed by atoms with van der Waals surface area (Å²) >= 11 is 1.79. The molecule has 5 nitrogen and oxygen atoms in total. The van der Waals surface area contributed by atoms with Gasteiger partial charge in [0.1, 0.15) is 11.6 Å². The van der Waals surface area contributed by atoms with Gasteiger partial charge in [0.05, 0.1) is 16.4 Å². The Labute approximate surface area is 199 Å². The van der Waals surface area contributed by atoms with Gasteiger partial charge in [-0.1, -0.05) is 41.5 Å². The van der Waals surface area contributed by atoms with Crippen molar-refractivity contribution in [1.29, 1.82) is 0 Å². The van der Waals surface area contributed by atoms with Crippen LogP contribution >= 0.6 is 11.3 Å². The van der Waals surface area contributed by atoms with E-state index in [9.17, 15) is 0 Å². The molecule has 0 spiro atoms. The molecular weight excluding hydrogens is 416 g/mol. The maximum atomic E-state index is 5.26. The first kappa shape index (κ1) is 28.0. The van der Waals surface area contributed by atoms with Crippen molar-refractivity contribution >= 4 is 11.3 Å². The summed E-state index contributed by atoms with van der Waals surface area (Å²) in [4.78, 5) is 18.8. The van der Waals surface area contributed by atoms with Gasteiger partial charge in [-0.25, -0.2) is 19.9 Å². The van der Waals surface area contributed by atoms with E-state index in [1.807, 2.05) is 27.7 Å². The fourth-order valence-corrected chi connectivity index (χ4v) is 4.49. The van der Waals surface area contributed by atoms with Gasteiger partial charge in [0.25, 0.3) is 0 Å². The van der Waals surface area contributed by atoms with Gasteiger partial charge in [-0.15, -0.1) is 11.3 Å². The van der Waals surface area contributed by atoms with E-state index in [-0.39, 0.29) is 0 Å². The Morgan fingerprint density at radius 2 is 1.16 bits per heavy atom. The number of rotatable bonds is 3. The molecule has 6 heteroatoms. The zero-order valence-corrected chi connectivity index (χ0v) is 23.2. The molecule has 0 saturated carbocycles. The second-order valence-electron chi connectivity index (χ2n) is 9.18. The maximum absolute atomic E-state index is 5.26. The third-order valence-corrected chi connectivity index (χ3v) is 5.96. The predicted molar refractivity (Wildman–Crippen MR) is 136 cm³/mol. The van der Waals surface area contributed by atoms with Crippen molar-refractivity contribution in [3.63, 3.8) is 0 Å². The van der Waals surface area contributed by atoms with Crippen molar-refractivity contribution < 1.29 is 4.42 Å². The molecular formula is C26H42N4OS. The number of hydrogen-bond donors (Lipinski definition) is 0. The number of aromatic nitrogens is 4. The molecule has 0 aromatic carbocycles. The van der Waals surface area contributed by atoms with Crippen LogP contribution in [0.4, 0.5) is 0 Å². The molecule has 0 amide bonds. The molecule has 0 aliphatic rings. The summed E-state index contributed by atoms with van der Waals surface area (Å²) in [6.45, 7) is 27.0. The Morgan fingerprint density at radius 1 is 0.625 bits per heavy atom. The van der Waals surface area contributed by atoms with Crippen LogP contribution in [0.15, 0.2) is 4.42 Å². The fourth-order valence-electron chi connectivity index (χ4n) is 3.52. The minimum Gasteiger partial charge on any atom is -0.446 e. The Morgan fingerprint density at radius 3 is 1.47 bits per heavy atom. The van der Waals surface area contributed by atoms with E-state index >= 15 is 0 Å². The largest absolute Gasteiger partial charge is 0.446 e. The lowest BCUT2D eigenvalue weighted by Crippen LogP contribution is -2.03. The Hall–Kier alpha value is -2.08. The molecule has 0 aliphatic heterocycles. The predicted octanol–water partition coefficient (Wildman–Crippen LogP) is 7.82. The first-order valence-electron chi connectivity index (χ1n) is 11.4. The lowest BCUT2D eigenvalue weighted by molar-refractivity contribution is 0.492. The minimum atomic E-state index is 0.470. The normalized spacial score (nSPS) is 10.9. The standard InChI is InChI=1S/C10H16N2.C8H13NO.C8H13NS/c1-6(2)10-7(3)8(4)11-9(5)12-10;2*1-5(2)8-6(3)10-7(4)9-8/h6H,1-5H3;2*5H,1-4H3. The first-order chi connectivity index (χ1) is 14.7. The number of nitrogens with zero attached hydrogens (tertiary/aromatic N) is 4. The van der Waals surface area contributed by atoms with E-state index in [0.29, 0.717) is 17.8 Å². The molecule has 0 N–H and O–H groups in total. The topological polar surface area (TPSA) is 64.7 Å². The van der Waals surface area contributed by atoms with Gasteiger partial charge in [0.15, 0.2) is 5.89 Å². The SMILES string of the molecule is Cc1nc(C(C)C)c(C)o1.Cc1nc(C(C)C)c(C)s1.Cc1nc(C)c(C)c(C(C)C)n1. The average molecular weight is 459 g/mol. The molecule has 3 aromatic rings. The molecule has 0 unspecified atom stereocenters. The second-order valence-corrected chi connectivity index (χ2v) is 10.6. The summed E-state index contributed by atoms with van der Waals surface area (Å²) in [5.41, 5.74) is 5.86. The zero-order chi connectivity index (χ0) is 24.7. The van der Waals surface area contributed by atoms with Crippen molar-refractivity contribution in [3.05, 3.63) is 55.7 Å². The fraction of sp³-hybridized carbons (Fsp3) is 0.615. The zero-order valence-electron chi connectivity index (χ0n) is 22.3. The smallest absolute Gasteiger partial charge is 0.191 e. The van der Waals surface area contributed by atoms with Gasteiger partial charge in [0.2, 0.25) is 0 Å². The van der Waals surface area contributed by atoms with Crippen LogP contribution in [-0.4, -0.2) is 19.9 Å². The molecule has 0 bridgehead atoms. The van der Waals surface area contributed by atoms with Crippen molar-refractivity contribution in [3.8, 4) is 0 Å². The molecule has 0 radical (unpaired) electrons. The van der Waals surface area contributed by atoms with Gasteiger partial charge >= 0.3 is 0 Å². The quantitative estimate of drug-likeness (QED) is 0.400. The van der Waals surface area contributed by atoms with Crippen LogP contribution < -0.4 is 0 Å². The molecule has 3 rings (SSSR count). The van der Waals surface area contributed by atoms with E-state index < -0.39 is 0 Å². The van der Waals surface area contributed by atoms with Crippen LogP contribution in [0.5, 0.6) is 0 Å². The molecule has 0 aliphatic carbocycles. The van der Waals surface area contributed by atoms with Crippen LogP contribution in [0.2, 0.25) is 0 Å². The lowest BCUT2D eigenvalue weighted by Gasteiger charge is -2.10. The minimum absolute atomic E-state index is 0.470. The van der Waals surface area contributed by atoms with Gasteiger partial charge < -0.3 is 4.42 Å². The van der Waals surface area contributed by atoms with E-state index in [2.05, 4.69) is 82.2 Å². The highest BCUT2D eigenvalue weighted by atomic mass is 32.1. The average Bonchev–Trinajstić information content (AvgIpc) is 3.19. The number of oxazole rings is 1.